The monoisotopic (exact) mass is 433 g/mol. The van der Waals surface area contributed by atoms with Crippen molar-refractivity contribution in [3.63, 3.8) is 0 Å². The number of methoxy groups -OCH3 is 1. The van der Waals surface area contributed by atoms with Gasteiger partial charge in [-0.15, -0.1) is 10.2 Å². The third-order valence-corrected chi connectivity index (χ3v) is 6.70. The fraction of sp³-hybridized carbons (Fsp3) is 0.105. The number of carbonyl (C=O) groups excluding carboxylic acids is 1. The van der Waals surface area contributed by atoms with Crippen LogP contribution in [0.3, 0.4) is 0 Å². The number of benzene rings is 2. The first kappa shape index (κ1) is 20.6. The van der Waals surface area contributed by atoms with E-state index in [1.165, 1.54) is 24.3 Å². The molecule has 1 aromatic heterocycles. The van der Waals surface area contributed by atoms with Crippen molar-refractivity contribution in [2.24, 2.45) is 0 Å². The maximum absolute atomic E-state index is 13.7. The fourth-order valence-corrected chi connectivity index (χ4v) is 4.64. The van der Waals surface area contributed by atoms with Crippen LogP contribution in [0.4, 0.5) is 9.52 Å². The number of nitrogens with one attached hydrogen (secondary N) is 1. The summed E-state index contributed by atoms with van der Waals surface area (Å²) in [5.74, 6) is -0.947. The Hall–Kier alpha value is -3.11. The van der Waals surface area contributed by atoms with Crippen LogP contribution in [0.1, 0.15) is 11.1 Å². The predicted octanol–water partition coefficient (Wildman–Crippen LogP) is 3.31. The first-order chi connectivity index (χ1) is 13.9. The van der Waals surface area contributed by atoms with Crippen LogP contribution in [-0.2, 0) is 20.4 Å². The molecular weight excluding hydrogens is 417 g/mol. The van der Waals surface area contributed by atoms with E-state index in [4.69, 9.17) is 4.74 Å². The smallest absolute Gasteiger partial charge is 0.250 e. The van der Waals surface area contributed by atoms with E-state index >= 15 is 0 Å². The second-order valence-corrected chi connectivity index (χ2v) is 8.96. The number of rotatable bonds is 7. The molecular formula is C19H16FN3O4S2. The zero-order valence-electron chi connectivity index (χ0n) is 15.2. The molecule has 2 aromatic carbocycles. The van der Waals surface area contributed by atoms with E-state index in [1.807, 2.05) is 0 Å². The molecule has 0 fully saturated rings. The fourth-order valence-electron chi connectivity index (χ4n) is 2.30. The molecule has 0 bridgehead atoms. The number of amides is 1. The third-order valence-electron chi connectivity index (χ3n) is 3.75. The topological polar surface area (TPSA) is 98.2 Å². The minimum Gasteiger partial charge on any atom is -0.497 e. The van der Waals surface area contributed by atoms with Gasteiger partial charge in [0.2, 0.25) is 25.2 Å². The number of carbonyl (C=O) groups is 1. The Bertz CT molecular complexity index is 1140. The van der Waals surface area contributed by atoms with Crippen LogP contribution in [0.25, 0.3) is 6.08 Å². The maximum atomic E-state index is 13.7. The average Bonchev–Trinajstić information content (AvgIpc) is 3.18. The van der Waals surface area contributed by atoms with Crippen molar-refractivity contribution >= 4 is 38.3 Å². The van der Waals surface area contributed by atoms with E-state index in [0.29, 0.717) is 17.1 Å². The van der Waals surface area contributed by atoms with Gasteiger partial charge in [0.1, 0.15) is 11.6 Å². The standard InChI is InChI=1S/C19H16FN3O4S2/c1-27-15-9-6-13(7-10-15)8-11-17(24)21-18-22-23-19(28-18)29(25,26)12-14-4-2-3-5-16(14)20/h2-11H,12H2,1H3,(H,21,22,24). The number of halogens is 1. The predicted molar refractivity (Wildman–Crippen MR) is 108 cm³/mol. The molecule has 1 amide bonds. The Morgan fingerprint density at radius 2 is 1.90 bits per heavy atom. The van der Waals surface area contributed by atoms with E-state index in [9.17, 15) is 17.6 Å². The van der Waals surface area contributed by atoms with Gasteiger partial charge in [-0.25, -0.2) is 12.8 Å². The summed E-state index contributed by atoms with van der Waals surface area (Å²) in [6.07, 6.45) is 2.88. The summed E-state index contributed by atoms with van der Waals surface area (Å²) < 4.78 is 43.3. The molecule has 1 heterocycles. The molecule has 0 aliphatic rings. The minimum atomic E-state index is -3.89. The zero-order chi connectivity index (χ0) is 20.9. The zero-order valence-corrected chi connectivity index (χ0v) is 16.8. The average molecular weight is 433 g/mol. The second-order valence-electron chi connectivity index (χ2n) is 5.82. The molecule has 3 aromatic rings. The molecule has 150 valence electrons. The lowest BCUT2D eigenvalue weighted by Gasteiger charge is -2.01. The van der Waals surface area contributed by atoms with E-state index in [0.717, 1.165) is 5.56 Å². The van der Waals surface area contributed by atoms with Gasteiger partial charge in [0.05, 0.1) is 12.9 Å². The molecule has 0 unspecified atom stereocenters. The normalized spacial score (nSPS) is 11.5. The van der Waals surface area contributed by atoms with Gasteiger partial charge >= 0.3 is 0 Å². The number of aromatic nitrogens is 2. The van der Waals surface area contributed by atoms with Crippen LogP contribution in [0.2, 0.25) is 0 Å². The van der Waals surface area contributed by atoms with Gasteiger partial charge in [-0.3, -0.25) is 10.1 Å². The van der Waals surface area contributed by atoms with Crippen LogP contribution >= 0.6 is 11.3 Å². The molecule has 1 N–H and O–H groups in total. The van der Waals surface area contributed by atoms with Gasteiger partial charge in [0.15, 0.2) is 0 Å². The summed E-state index contributed by atoms with van der Waals surface area (Å²) in [7, 11) is -2.33. The van der Waals surface area contributed by atoms with Crippen LogP contribution in [0.5, 0.6) is 5.75 Å². The molecule has 0 aliphatic heterocycles. The molecule has 0 radical (unpaired) electrons. The summed E-state index contributed by atoms with van der Waals surface area (Å²) in [5, 5.41) is 9.77. The van der Waals surface area contributed by atoms with Crippen molar-refractivity contribution in [1.82, 2.24) is 10.2 Å². The van der Waals surface area contributed by atoms with Gasteiger partial charge in [0.25, 0.3) is 0 Å². The second kappa shape index (κ2) is 8.93. The lowest BCUT2D eigenvalue weighted by atomic mass is 10.2. The quantitative estimate of drug-likeness (QED) is 0.453. The maximum Gasteiger partial charge on any atom is 0.250 e. The summed E-state index contributed by atoms with van der Waals surface area (Å²) >= 11 is 0.705. The van der Waals surface area contributed by atoms with Gasteiger partial charge < -0.3 is 4.74 Å². The lowest BCUT2D eigenvalue weighted by Crippen LogP contribution is -2.07. The van der Waals surface area contributed by atoms with Crippen LogP contribution in [0, 0.1) is 5.82 Å². The number of sulfone groups is 1. The Labute approximate surface area is 170 Å². The summed E-state index contributed by atoms with van der Waals surface area (Å²) in [6, 6.07) is 12.7. The highest BCUT2D eigenvalue weighted by molar-refractivity contribution is 7.92. The van der Waals surface area contributed by atoms with E-state index < -0.39 is 27.3 Å². The molecule has 0 spiro atoms. The highest BCUT2D eigenvalue weighted by atomic mass is 32.2. The van der Waals surface area contributed by atoms with Gasteiger partial charge in [-0.2, -0.15) is 0 Å². The number of hydrogen-bond acceptors (Lipinski definition) is 7. The Kier molecular flexibility index (Phi) is 6.35. The molecule has 7 nitrogen and oxygen atoms in total. The highest BCUT2D eigenvalue weighted by Gasteiger charge is 2.22. The third kappa shape index (κ3) is 5.46. The molecule has 0 aliphatic carbocycles. The van der Waals surface area contributed by atoms with Crippen molar-refractivity contribution in [2.45, 2.75) is 10.1 Å². The van der Waals surface area contributed by atoms with Crippen molar-refractivity contribution < 1.29 is 22.3 Å². The van der Waals surface area contributed by atoms with E-state index in [-0.39, 0.29) is 15.0 Å². The van der Waals surface area contributed by atoms with Crippen molar-refractivity contribution in [3.05, 3.63) is 71.6 Å². The van der Waals surface area contributed by atoms with E-state index in [1.54, 1.807) is 43.5 Å². The summed E-state index contributed by atoms with van der Waals surface area (Å²) in [5.41, 5.74) is 0.821. The van der Waals surface area contributed by atoms with Crippen molar-refractivity contribution in [3.8, 4) is 5.75 Å². The van der Waals surface area contributed by atoms with E-state index in [2.05, 4.69) is 15.5 Å². The Balaban J connectivity index is 1.65. The number of nitrogens with zero attached hydrogens (tertiary/aromatic N) is 2. The molecule has 0 saturated carbocycles. The minimum absolute atomic E-state index is 0.0292. The molecule has 29 heavy (non-hydrogen) atoms. The van der Waals surface area contributed by atoms with Gasteiger partial charge in [-0.1, -0.05) is 41.7 Å². The van der Waals surface area contributed by atoms with Crippen molar-refractivity contribution in [1.29, 1.82) is 0 Å². The SMILES string of the molecule is COc1ccc(C=CC(=O)Nc2nnc(S(=O)(=O)Cc3ccccc3F)s2)cc1. The van der Waals surface area contributed by atoms with Crippen LogP contribution in [0.15, 0.2) is 58.9 Å². The van der Waals surface area contributed by atoms with Crippen LogP contribution < -0.4 is 10.1 Å². The summed E-state index contributed by atoms with van der Waals surface area (Å²) in [6.45, 7) is 0. The molecule has 0 saturated heterocycles. The first-order valence-electron chi connectivity index (χ1n) is 8.30. The molecule has 0 atom stereocenters. The summed E-state index contributed by atoms with van der Waals surface area (Å²) in [4.78, 5) is 12.0. The number of anilines is 1. The molecule has 3 rings (SSSR count). The lowest BCUT2D eigenvalue weighted by molar-refractivity contribution is -0.111. The molecule has 10 heteroatoms. The first-order valence-corrected chi connectivity index (χ1v) is 10.8. The van der Waals surface area contributed by atoms with Crippen molar-refractivity contribution in [2.75, 3.05) is 12.4 Å². The number of hydrogen-bond donors (Lipinski definition) is 1. The van der Waals surface area contributed by atoms with Gasteiger partial charge in [0, 0.05) is 11.6 Å². The Morgan fingerprint density at radius 1 is 1.17 bits per heavy atom. The highest BCUT2D eigenvalue weighted by Crippen LogP contribution is 2.24. The van der Waals surface area contributed by atoms with Crippen LogP contribution in [-0.4, -0.2) is 31.6 Å². The Morgan fingerprint density at radius 3 is 2.59 bits per heavy atom. The number of ether oxygens (including phenoxy) is 1. The largest absolute Gasteiger partial charge is 0.497 e. The van der Waals surface area contributed by atoms with Gasteiger partial charge in [-0.05, 0) is 29.8 Å².